The molecule has 0 aromatic heterocycles. The van der Waals surface area contributed by atoms with Gasteiger partial charge < -0.3 is 0 Å². The van der Waals surface area contributed by atoms with Gasteiger partial charge in [-0.15, -0.1) is 0 Å². The number of aliphatic imine (C=N–C) groups is 1. The molecule has 0 aromatic rings. The van der Waals surface area contributed by atoms with E-state index in [4.69, 9.17) is 4.99 Å². The smallest absolute Gasteiger partial charge is 0.0674 e. The molecule has 0 aromatic carbocycles. The van der Waals surface area contributed by atoms with Crippen LogP contribution in [0.2, 0.25) is 13.1 Å². The van der Waals surface area contributed by atoms with E-state index in [1.54, 1.807) is 5.17 Å². The summed E-state index contributed by atoms with van der Waals surface area (Å²) in [5, 5.41) is 1.67. The van der Waals surface area contributed by atoms with Crippen LogP contribution in [-0.4, -0.2) is 19.3 Å². The van der Waals surface area contributed by atoms with Crippen molar-refractivity contribution >= 4 is 19.3 Å². The molecule has 3 aliphatic rings. The van der Waals surface area contributed by atoms with Gasteiger partial charge in [0.2, 0.25) is 0 Å². The Bertz CT molecular complexity index is 618. The van der Waals surface area contributed by atoms with Crippen molar-refractivity contribution in [2.24, 2.45) is 10.9 Å². The molecule has 0 radical (unpaired) electrons. The first-order chi connectivity index (χ1) is 9.09. The number of hydrogen-bond donors (Lipinski definition) is 0. The first kappa shape index (κ1) is 12.7. The van der Waals surface area contributed by atoms with Gasteiger partial charge in [0.15, 0.2) is 0 Å². The molecule has 0 atom stereocenters. The summed E-state index contributed by atoms with van der Waals surface area (Å²) < 4.78 is 0. The Morgan fingerprint density at radius 3 is 2.53 bits per heavy atom. The summed E-state index contributed by atoms with van der Waals surface area (Å²) >= 11 is 0. The summed E-state index contributed by atoms with van der Waals surface area (Å²) in [6, 6.07) is 0. The predicted molar refractivity (Wildman–Crippen MR) is 86.3 cm³/mol. The van der Waals surface area contributed by atoms with E-state index in [2.05, 4.69) is 51.2 Å². The van der Waals surface area contributed by atoms with Gasteiger partial charge >= 0.3 is 0 Å². The van der Waals surface area contributed by atoms with Crippen molar-refractivity contribution in [3.8, 4) is 0 Å². The zero-order valence-electron chi connectivity index (χ0n) is 12.2. The lowest BCUT2D eigenvalue weighted by molar-refractivity contribution is 0.884. The number of allylic oxidation sites excluding steroid dienone is 7. The monoisotopic (exact) mass is 267 g/mol. The molecule has 19 heavy (non-hydrogen) atoms. The SMILES string of the molecule is CC(C)C1=NC2=CCC(=[Si](C)C)C2=C1C1=CC=CC1. The minimum absolute atomic E-state index is 0.389. The third kappa shape index (κ3) is 1.98. The third-order valence-electron chi connectivity index (χ3n) is 4.05. The number of hydrogen-bond acceptors (Lipinski definition) is 1. The van der Waals surface area contributed by atoms with E-state index in [-0.39, 0.29) is 8.41 Å². The fraction of sp³-hybridized carbons (Fsp3) is 0.412. The van der Waals surface area contributed by atoms with Gasteiger partial charge in [0.05, 0.1) is 11.4 Å². The molecule has 0 saturated heterocycles. The first-order valence-electron chi connectivity index (χ1n) is 7.16. The molecule has 1 nitrogen and oxygen atoms in total. The minimum atomic E-state index is -0.389. The Morgan fingerprint density at radius 1 is 1.16 bits per heavy atom. The Labute approximate surface area is 117 Å². The predicted octanol–water partition coefficient (Wildman–Crippen LogP) is 4.08. The summed E-state index contributed by atoms with van der Waals surface area (Å²) in [6.07, 6.45) is 11.2. The molecule has 0 bridgehead atoms. The zero-order chi connectivity index (χ0) is 13.6. The molecule has 1 aliphatic heterocycles. The van der Waals surface area contributed by atoms with E-state index in [0.717, 1.165) is 12.8 Å². The average Bonchev–Trinajstić information content (AvgIpc) is 3.03. The van der Waals surface area contributed by atoms with E-state index in [1.807, 2.05) is 0 Å². The largest absolute Gasteiger partial charge is 0.252 e. The molecule has 1 heterocycles. The molecule has 0 N–H and O–H groups in total. The van der Waals surface area contributed by atoms with Gasteiger partial charge in [-0.05, 0) is 24.3 Å². The Kier molecular flexibility index (Phi) is 3.13. The second kappa shape index (κ2) is 4.68. The summed E-state index contributed by atoms with van der Waals surface area (Å²) in [4.78, 5) is 4.94. The van der Waals surface area contributed by atoms with E-state index in [9.17, 15) is 0 Å². The van der Waals surface area contributed by atoms with Gasteiger partial charge in [0, 0.05) is 19.6 Å². The van der Waals surface area contributed by atoms with Crippen molar-refractivity contribution in [1.29, 1.82) is 0 Å². The van der Waals surface area contributed by atoms with Crippen LogP contribution in [0.25, 0.3) is 0 Å². The third-order valence-corrected chi connectivity index (χ3v) is 5.71. The second-order valence-electron chi connectivity index (χ2n) is 6.00. The van der Waals surface area contributed by atoms with Gasteiger partial charge in [-0.3, -0.25) is 4.99 Å². The quantitative estimate of drug-likeness (QED) is 0.669. The summed E-state index contributed by atoms with van der Waals surface area (Å²) in [5.74, 6) is 0.501. The molecule has 2 aliphatic carbocycles. The highest BCUT2D eigenvalue weighted by atomic mass is 28.2. The van der Waals surface area contributed by atoms with Crippen LogP contribution in [0.5, 0.6) is 0 Å². The second-order valence-corrected chi connectivity index (χ2v) is 8.60. The maximum absolute atomic E-state index is 4.94. The molecule has 0 fully saturated rings. The standard InChI is InChI=1S/C17H21NSi/c1-11(2)17-15(12-7-5-6-8-12)16-13(18-17)9-10-14(16)19(3)4/h5-7,9,11H,8,10H2,1-4H3. The molecule has 0 amide bonds. The van der Waals surface area contributed by atoms with Crippen LogP contribution in [0.3, 0.4) is 0 Å². The van der Waals surface area contributed by atoms with Crippen LogP contribution < -0.4 is 0 Å². The van der Waals surface area contributed by atoms with Crippen molar-refractivity contribution in [2.45, 2.75) is 39.8 Å². The Hall–Kier alpha value is -1.28. The van der Waals surface area contributed by atoms with Crippen LogP contribution in [-0.2, 0) is 0 Å². The van der Waals surface area contributed by atoms with Crippen molar-refractivity contribution in [1.82, 2.24) is 0 Å². The molecule has 0 unspecified atom stereocenters. The van der Waals surface area contributed by atoms with E-state index >= 15 is 0 Å². The van der Waals surface area contributed by atoms with Gasteiger partial charge in [-0.25, -0.2) is 0 Å². The lowest BCUT2D eigenvalue weighted by Crippen LogP contribution is -2.15. The fourth-order valence-electron chi connectivity index (χ4n) is 3.08. The number of fused-ring (bicyclic) bond motifs is 1. The maximum atomic E-state index is 4.94. The highest BCUT2D eigenvalue weighted by Gasteiger charge is 2.32. The molecule has 0 saturated carbocycles. The van der Waals surface area contributed by atoms with E-state index in [1.165, 1.54) is 28.1 Å². The molecule has 2 heteroatoms. The first-order valence-corrected chi connectivity index (χ1v) is 9.66. The lowest BCUT2D eigenvalue weighted by Gasteiger charge is -2.14. The van der Waals surface area contributed by atoms with Crippen LogP contribution in [0, 0.1) is 5.92 Å². The minimum Gasteiger partial charge on any atom is -0.252 e. The Balaban J connectivity index is 2.19. The van der Waals surface area contributed by atoms with Crippen molar-refractivity contribution < 1.29 is 0 Å². The number of rotatable bonds is 2. The van der Waals surface area contributed by atoms with E-state index < -0.39 is 0 Å². The van der Waals surface area contributed by atoms with Crippen molar-refractivity contribution in [3.05, 3.63) is 46.7 Å². The lowest BCUT2D eigenvalue weighted by atomic mass is 9.90. The topological polar surface area (TPSA) is 12.4 Å². The van der Waals surface area contributed by atoms with Crippen molar-refractivity contribution in [2.75, 3.05) is 0 Å². The van der Waals surface area contributed by atoms with Crippen LogP contribution >= 0.6 is 0 Å². The van der Waals surface area contributed by atoms with Crippen molar-refractivity contribution in [3.63, 3.8) is 0 Å². The fourth-order valence-corrected chi connectivity index (χ4v) is 4.34. The molecule has 0 spiro atoms. The molecular weight excluding hydrogens is 246 g/mol. The molecule has 3 rings (SSSR count). The molecular formula is C17H21NSi. The van der Waals surface area contributed by atoms with E-state index in [0.29, 0.717) is 5.92 Å². The summed E-state index contributed by atoms with van der Waals surface area (Å²) in [5.41, 5.74) is 6.99. The van der Waals surface area contributed by atoms with Crippen LogP contribution in [0.4, 0.5) is 0 Å². The van der Waals surface area contributed by atoms with Gasteiger partial charge in [-0.1, -0.05) is 56.4 Å². The number of nitrogens with zero attached hydrogens (tertiary/aromatic N) is 1. The summed E-state index contributed by atoms with van der Waals surface area (Å²) in [7, 11) is -0.389. The van der Waals surface area contributed by atoms with Gasteiger partial charge in [-0.2, -0.15) is 0 Å². The zero-order valence-corrected chi connectivity index (χ0v) is 13.2. The normalized spacial score (nSPS) is 21.1. The molecule has 98 valence electrons. The highest BCUT2D eigenvalue weighted by molar-refractivity contribution is 6.73. The van der Waals surface area contributed by atoms with Crippen LogP contribution in [0.15, 0.2) is 51.7 Å². The maximum Gasteiger partial charge on any atom is 0.0674 e. The van der Waals surface area contributed by atoms with Gasteiger partial charge in [0.1, 0.15) is 0 Å². The Morgan fingerprint density at radius 2 is 1.95 bits per heavy atom. The highest BCUT2D eigenvalue weighted by Crippen LogP contribution is 2.40. The van der Waals surface area contributed by atoms with Crippen LogP contribution in [0.1, 0.15) is 26.7 Å². The van der Waals surface area contributed by atoms with Gasteiger partial charge in [0.25, 0.3) is 0 Å². The average molecular weight is 267 g/mol. The summed E-state index contributed by atoms with van der Waals surface area (Å²) in [6.45, 7) is 9.31.